The highest BCUT2D eigenvalue weighted by Gasteiger charge is 2.44. The molecule has 0 saturated carbocycles. The van der Waals surface area contributed by atoms with Crippen LogP contribution < -0.4 is 16.2 Å². The molecular weight excluding hydrogens is 316 g/mol. The summed E-state index contributed by atoms with van der Waals surface area (Å²) in [6.45, 7) is 2.24. The maximum Gasteiger partial charge on any atom is 0.324 e. The van der Waals surface area contributed by atoms with Gasteiger partial charge in [0.2, 0.25) is 0 Å². The first kappa shape index (κ1) is 16.1. The largest absolute Gasteiger partial charge is 0.465 e. The number of rotatable bonds is 4. The molecule has 1 aliphatic carbocycles. The standard InChI is InChI=1S/C19H22N4O2/c1-2-25-19(24)18-14-9-8-12-11-20-16(10-15(12)17(14)22-23-18)21-13-6-4-3-5-7-13/h3-7,10-11,14,17-18,22-23H,2,8-9H2,1H3,(H,20,21). The van der Waals surface area contributed by atoms with E-state index >= 15 is 0 Å². The Labute approximate surface area is 147 Å². The fourth-order valence-corrected chi connectivity index (χ4v) is 3.75. The highest BCUT2D eigenvalue weighted by molar-refractivity contribution is 5.77. The number of pyridine rings is 1. The van der Waals surface area contributed by atoms with E-state index in [2.05, 4.69) is 27.2 Å². The van der Waals surface area contributed by atoms with Crippen molar-refractivity contribution in [2.45, 2.75) is 31.8 Å². The third-order valence-corrected chi connectivity index (χ3v) is 4.94. The van der Waals surface area contributed by atoms with Gasteiger partial charge in [0.25, 0.3) is 0 Å². The molecule has 130 valence electrons. The zero-order chi connectivity index (χ0) is 17.2. The van der Waals surface area contributed by atoms with Crippen LogP contribution in [0, 0.1) is 5.92 Å². The van der Waals surface area contributed by atoms with Gasteiger partial charge in [0.05, 0.1) is 12.6 Å². The molecule has 1 aliphatic heterocycles. The number of hydrogen-bond donors (Lipinski definition) is 3. The van der Waals surface area contributed by atoms with Crippen molar-refractivity contribution in [1.29, 1.82) is 0 Å². The van der Waals surface area contributed by atoms with E-state index in [1.165, 1.54) is 11.1 Å². The third kappa shape index (κ3) is 3.10. The van der Waals surface area contributed by atoms with E-state index in [4.69, 9.17) is 4.74 Å². The van der Waals surface area contributed by atoms with Crippen molar-refractivity contribution < 1.29 is 9.53 Å². The molecule has 6 heteroatoms. The van der Waals surface area contributed by atoms with Crippen LogP contribution in [0.1, 0.15) is 30.5 Å². The van der Waals surface area contributed by atoms with Gasteiger partial charge in [0.15, 0.2) is 0 Å². The molecule has 4 rings (SSSR count). The molecule has 2 heterocycles. The van der Waals surface area contributed by atoms with Crippen LogP contribution in [-0.4, -0.2) is 23.6 Å². The number of anilines is 2. The average molecular weight is 338 g/mol. The van der Waals surface area contributed by atoms with Gasteiger partial charge in [-0.15, -0.1) is 0 Å². The molecule has 6 nitrogen and oxygen atoms in total. The fourth-order valence-electron chi connectivity index (χ4n) is 3.75. The van der Waals surface area contributed by atoms with Gasteiger partial charge in [-0.3, -0.25) is 4.79 Å². The van der Waals surface area contributed by atoms with Gasteiger partial charge in [-0.25, -0.2) is 15.8 Å². The normalized spacial score (nSPS) is 24.3. The molecule has 1 fully saturated rings. The van der Waals surface area contributed by atoms with E-state index in [9.17, 15) is 4.79 Å². The monoisotopic (exact) mass is 338 g/mol. The Hall–Kier alpha value is -2.44. The summed E-state index contributed by atoms with van der Waals surface area (Å²) < 4.78 is 5.20. The first-order chi connectivity index (χ1) is 12.3. The van der Waals surface area contributed by atoms with Crippen LogP contribution >= 0.6 is 0 Å². The number of benzene rings is 1. The number of esters is 1. The van der Waals surface area contributed by atoms with Crippen molar-refractivity contribution in [3.05, 3.63) is 53.7 Å². The highest BCUT2D eigenvalue weighted by atomic mass is 16.5. The number of hydrazine groups is 1. The van der Waals surface area contributed by atoms with E-state index in [-0.39, 0.29) is 24.0 Å². The Morgan fingerprint density at radius 1 is 1.32 bits per heavy atom. The molecular formula is C19H22N4O2. The second-order valence-electron chi connectivity index (χ2n) is 6.46. The molecule has 1 aromatic heterocycles. The molecule has 3 unspecified atom stereocenters. The van der Waals surface area contributed by atoms with Crippen LogP contribution in [0.4, 0.5) is 11.5 Å². The van der Waals surface area contributed by atoms with Gasteiger partial charge in [0.1, 0.15) is 11.9 Å². The summed E-state index contributed by atoms with van der Waals surface area (Å²) in [5, 5.41) is 3.34. The van der Waals surface area contributed by atoms with Crippen molar-refractivity contribution in [3.63, 3.8) is 0 Å². The van der Waals surface area contributed by atoms with E-state index in [1.54, 1.807) is 0 Å². The minimum Gasteiger partial charge on any atom is -0.465 e. The van der Waals surface area contributed by atoms with E-state index in [0.717, 1.165) is 24.3 Å². The van der Waals surface area contributed by atoms with Gasteiger partial charge < -0.3 is 10.1 Å². The lowest BCUT2D eigenvalue weighted by atomic mass is 9.78. The molecule has 2 aromatic rings. The Morgan fingerprint density at radius 2 is 2.16 bits per heavy atom. The third-order valence-electron chi connectivity index (χ3n) is 4.94. The summed E-state index contributed by atoms with van der Waals surface area (Å²) in [4.78, 5) is 16.7. The smallest absolute Gasteiger partial charge is 0.324 e. The van der Waals surface area contributed by atoms with Gasteiger partial charge >= 0.3 is 5.97 Å². The Kier molecular flexibility index (Phi) is 4.38. The number of ether oxygens (including phenoxy) is 1. The number of carbonyl (C=O) groups excluding carboxylic acids is 1. The first-order valence-electron chi connectivity index (χ1n) is 8.75. The van der Waals surface area contributed by atoms with E-state index < -0.39 is 0 Å². The molecule has 2 aliphatic rings. The summed E-state index contributed by atoms with van der Waals surface area (Å²) in [7, 11) is 0. The minimum absolute atomic E-state index is 0.0949. The zero-order valence-corrected chi connectivity index (χ0v) is 14.2. The van der Waals surface area contributed by atoms with Gasteiger partial charge in [-0.2, -0.15) is 0 Å². The Balaban J connectivity index is 1.57. The van der Waals surface area contributed by atoms with Crippen molar-refractivity contribution in [3.8, 4) is 0 Å². The van der Waals surface area contributed by atoms with Crippen LogP contribution in [0.2, 0.25) is 0 Å². The fraction of sp³-hybridized carbons (Fsp3) is 0.368. The van der Waals surface area contributed by atoms with Crippen LogP contribution in [0.5, 0.6) is 0 Å². The quantitative estimate of drug-likeness (QED) is 0.744. The van der Waals surface area contributed by atoms with Gasteiger partial charge in [0, 0.05) is 17.8 Å². The van der Waals surface area contributed by atoms with Crippen molar-refractivity contribution >= 4 is 17.5 Å². The summed E-state index contributed by atoms with van der Waals surface area (Å²) in [5.41, 5.74) is 9.85. The number of para-hydroxylation sites is 1. The molecule has 0 radical (unpaired) electrons. The number of aryl methyl sites for hydroxylation is 1. The lowest BCUT2D eigenvalue weighted by molar-refractivity contribution is -0.146. The number of hydrogen-bond acceptors (Lipinski definition) is 6. The van der Waals surface area contributed by atoms with Gasteiger partial charge in [-0.05, 0) is 49.1 Å². The van der Waals surface area contributed by atoms with Crippen molar-refractivity contribution in [2.24, 2.45) is 5.92 Å². The predicted molar refractivity (Wildman–Crippen MR) is 95.2 cm³/mol. The maximum atomic E-state index is 12.2. The minimum atomic E-state index is -0.295. The van der Waals surface area contributed by atoms with Crippen LogP contribution in [-0.2, 0) is 16.0 Å². The number of aromatic nitrogens is 1. The second kappa shape index (κ2) is 6.82. The molecule has 1 saturated heterocycles. The molecule has 0 amide bonds. The number of nitrogens with one attached hydrogen (secondary N) is 3. The number of nitrogens with zero attached hydrogens (tertiary/aromatic N) is 1. The zero-order valence-electron chi connectivity index (χ0n) is 14.2. The van der Waals surface area contributed by atoms with E-state index in [0.29, 0.717) is 6.61 Å². The lowest BCUT2D eigenvalue weighted by Crippen LogP contribution is -2.40. The average Bonchev–Trinajstić information content (AvgIpc) is 3.07. The van der Waals surface area contributed by atoms with Gasteiger partial charge in [-0.1, -0.05) is 18.2 Å². The topological polar surface area (TPSA) is 75.3 Å². The van der Waals surface area contributed by atoms with Crippen LogP contribution in [0.3, 0.4) is 0 Å². The van der Waals surface area contributed by atoms with Crippen LogP contribution in [0.15, 0.2) is 42.6 Å². The SMILES string of the molecule is CCOC(=O)C1NNC2c3cc(Nc4ccccc4)ncc3CCC12. The summed E-state index contributed by atoms with van der Waals surface area (Å²) in [6.07, 6.45) is 3.80. The lowest BCUT2D eigenvalue weighted by Gasteiger charge is -2.29. The number of carbonyl (C=O) groups is 1. The maximum absolute atomic E-state index is 12.2. The predicted octanol–water partition coefficient (Wildman–Crippen LogP) is 2.47. The Morgan fingerprint density at radius 3 is 2.96 bits per heavy atom. The Bertz CT molecular complexity index is 765. The first-order valence-corrected chi connectivity index (χ1v) is 8.75. The summed E-state index contributed by atoms with van der Waals surface area (Å²) in [5.74, 6) is 0.827. The van der Waals surface area contributed by atoms with Crippen molar-refractivity contribution in [2.75, 3.05) is 11.9 Å². The van der Waals surface area contributed by atoms with Crippen LogP contribution in [0.25, 0.3) is 0 Å². The molecule has 25 heavy (non-hydrogen) atoms. The highest BCUT2D eigenvalue weighted by Crippen LogP contribution is 2.39. The molecule has 0 bridgehead atoms. The second-order valence-corrected chi connectivity index (χ2v) is 6.46. The number of fused-ring (bicyclic) bond motifs is 3. The summed E-state index contributed by atoms with van der Waals surface area (Å²) >= 11 is 0. The summed E-state index contributed by atoms with van der Waals surface area (Å²) in [6, 6.07) is 11.9. The van der Waals surface area contributed by atoms with Crippen molar-refractivity contribution in [1.82, 2.24) is 15.8 Å². The molecule has 3 N–H and O–H groups in total. The van der Waals surface area contributed by atoms with E-state index in [1.807, 2.05) is 43.5 Å². The molecule has 0 spiro atoms. The molecule has 3 atom stereocenters. The molecule has 1 aromatic carbocycles.